The standard InChI is InChI=1S/C24H23BrN2O2S/c1-29-23-12-11-18(15-20(23)25)22-16-30-24(27(22)13-4-5-14-28)26-21-10-6-8-17-7-2-3-9-19(17)21/h2-3,6-12,15-16,28H,4-5,13-14H2,1H3. The van der Waals surface area contributed by atoms with E-state index < -0.39 is 0 Å². The van der Waals surface area contributed by atoms with Crippen LogP contribution >= 0.6 is 27.3 Å². The second-order valence-electron chi connectivity index (χ2n) is 6.95. The summed E-state index contributed by atoms with van der Waals surface area (Å²) in [6.45, 7) is 0.997. The van der Waals surface area contributed by atoms with Gasteiger partial charge in [-0.25, -0.2) is 4.99 Å². The van der Waals surface area contributed by atoms with E-state index in [-0.39, 0.29) is 6.61 Å². The molecule has 0 saturated heterocycles. The number of rotatable bonds is 7. The second-order valence-corrected chi connectivity index (χ2v) is 8.64. The number of halogens is 1. The molecule has 1 N–H and O–H groups in total. The molecule has 3 aromatic carbocycles. The summed E-state index contributed by atoms with van der Waals surface area (Å²) in [5.74, 6) is 0.807. The molecule has 0 saturated carbocycles. The fourth-order valence-corrected chi connectivity index (χ4v) is 4.97. The zero-order valence-corrected chi connectivity index (χ0v) is 19.1. The van der Waals surface area contributed by atoms with Gasteiger partial charge in [0.25, 0.3) is 0 Å². The fourth-order valence-electron chi connectivity index (χ4n) is 3.48. The van der Waals surface area contributed by atoms with Gasteiger partial charge in [-0.05, 0) is 58.4 Å². The summed E-state index contributed by atoms with van der Waals surface area (Å²) in [6.07, 6.45) is 1.66. The molecule has 0 unspecified atom stereocenters. The van der Waals surface area contributed by atoms with E-state index in [1.165, 1.54) is 5.39 Å². The number of methoxy groups -OCH3 is 1. The van der Waals surface area contributed by atoms with E-state index in [2.05, 4.69) is 62.3 Å². The fraction of sp³-hybridized carbons (Fsp3) is 0.208. The molecule has 0 aliphatic carbocycles. The first-order valence-electron chi connectivity index (χ1n) is 9.87. The summed E-state index contributed by atoms with van der Waals surface area (Å²) < 4.78 is 8.54. The van der Waals surface area contributed by atoms with Crippen LogP contribution in [0.1, 0.15) is 12.8 Å². The van der Waals surface area contributed by atoms with Crippen molar-refractivity contribution < 1.29 is 9.84 Å². The maximum Gasteiger partial charge on any atom is 0.190 e. The van der Waals surface area contributed by atoms with Crippen LogP contribution in [0.5, 0.6) is 5.75 Å². The van der Waals surface area contributed by atoms with Gasteiger partial charge in [0.05, 0.1) is 23.0 Å². The number of thiazole rings is 1. The predicted molar refractivity (Wildman–Crippen MR) is 127 cm³/mol. The Hall–Kier alpha value is -2.41. The van der Waals surface area contributed by atoms with E-state index in [1.807, 2.05) is 24.3 Å². The van der Waals surface area contributed by atoms with Crippen molar-refractivity contribution in [1.82, 2.24) is 4.57 Å². The van der Waals surface area contributed by atoms with Crippen LogP contribution < -0.4 is 9.54 Å². The summed E-state index contributed by atoms with van der Waals surface area (Å²) in [5, 5.41) is 13.7. The Morgan fingerprint density at radius 2 is 1.90 bits per heavy atom. The normalized spacial score (nSPS) is 11.9. The number of aliphatic hydroxyl groups is 1. The van der Waals surface area contributed by atoms with Crippen LogP contribution in [0, 0.1) is 0 Å². The van der Waals surface area contributed by atoms with Crippen molar-refractivity contribution in [3.05, 3.63) is 75.3 Å². The van der Waals surface area contributed by atoms with Crippen LogP contribution in [-0.2, 0) is 6.54 Å². The number of unbranched alkanes of at least 4 members (excludes halogenated alkanes) is 1. The smallest absolute Gasteiger partial charge is 0.190 e. The van der Waals surface area contributed by atoms with E-state index in [9.17, 15) is 5.11 Å². The Bertz CT molecular complexity index is 1220. The Kier molecular flexibility index (Phi) is 6.67. The Balaban J connectivity index is 1.84. The molecule has 4 rings (SSSR count). The molecule has 0 aliphatic rings. The Labute approximate surface area is 188 Å². The van der Waals surface area contributed by atoms with Gasteiger partial charge >= 0.3 is 0 Å². The number of benzene rings is 3. The number of aliphatic hydroxyl groups excluding tert-OH is 1. The SMILES string of the molecule is COc1ccc(-c2csc(=Nc3cccc4ccccc34)n2CCCCO)cc1Br. The lowest BCUT2D eigenvalue weighted by atomic mass is 10.1. The lowest BCUT2D eigenvalue weighted by Gasteiger charge is -2.11. The summed E-state index contributed by atoms with van der Waals surface area (Å²) in [5.41, 5.74) is 3.18. The van der Waals surface area contributed by atoms with Crippen LogP contribution in [0.2, 0.25) is 0 Å². The number of nitrogens with zero attached hydrogens (tertiary/aromatic N) is 2. The molecule has 1 aromatic heterocycles. The molecule has 154 valence electrons. The summed E-state index contributed by atoms with van der Waals surface area (Å²) >= 11 is 5.23. The molecule has 30 heavy (non-hydrogen) atoms. The number of fused-ring (bicyclic) bond motifs is 1. The van der Waals surface area contributed by atoms with Crippen LogP contribution in [-0.4, -0.2) is 23.4 Å². The minimum Gasteiger partial charge on any atom is -0.496 e. The molecule has 4 nitrogen and oxygen atoms in total. The molecular weight excluding hydrogens is 460 g/mol. The number of hydrogen-bond acceptors (Lipinski definition) is 4. The van der Waals surface area contributed by atoms with Gasteiger partial charge in [-0.1, -0.05) is 36.4 Å². The average molecular weight is 483 g/mol. The van der Waals surface area contributed by atoms with Crippen molar-refractivity contribution in [2.45, 2.75) is 19.4 Å². The predicted octanol–water partition coefficient (Wildman–Crippen LogP) is 6.15. The largest absolute Gasteiger partial charge is 0.496 e. The van der Waals surface area contributed by atoms with Crippen molar-refractivity contribution in [3.63, 3.8) is 0 Å². The van der Waals surface area contributed by atoms with Crippen LogP contribution in [0.15, 0.2) is 75.5 Å². The molecule has 0 spiro atoms. The van der Waals surface area contributed by atoms with E-state index in [1.54, 1.807) is 18.4 Å². The van der Waals surface area contributed by atoms with Crippen LogP contribution in [0.4, 0.5) is 5.69 Å². The molecule has 0 amide bonds. The molecule has 6 heteroatoms. The average Bonchev–Trinajstić information content (AvgIpc) is 3.16. The van der Waals surface area contributed by atoms with E-state index in [0.717, 1.165) is 56.7 Å². The third-order valence-electron chi connectivity index (χ3n) is 5.02. The maximum absolute atomic E-state index is 9.25. The molecule has 0 aliphatic heterocycles. The molecular formula is C24H23BrN2O2S. The van der Waals surface area contributed by atoms with Gasteiger partial charge in [0.15, 0.2) is 4.80 Å². The van der Waals surface area contributed by atoms with Gasteiger partial charge in [-0.2, -0.15) is 0 Å². The van der Waals surface area contributed by atoms with Crippen molar-refractivity contribution in [1.29, 1.82) is 0 Å². The number of aromatic nitrogens is 1. The van der Waals surface area contributed by atoms with Gasteiger partial charge in [-0.15, -0.1) is 11.3 Å². The first-order valence-corrected chi connectivity index (χ1v) is 11.5. The monoisotopic (exact) mass is 482 g/mol. The second kappa shape index (κ2) is 9.60. The lowest BCUT2D eigenvalue weighted by molar-refractivity contribution is 0.281. The summed E-state index contributed by atoms with van der Waals surface area (Å²) in [7, 11) is 1.67. The minimum atomic E-state index is 0.198. The highest BCUT2D eigenvalue weighted by Gasteiger charge is 2.11. The summed E-state index contributed by atoms with van der Waals surface area (Å²) in [6, 6.07) is 20.6. The van der Waals surface area contributed by atoms with Crippen LogP contribution in [0.25, 0.3) is 22.0 Å². The third-order valence-corrected chi connectivity index (χ3v) is 6.50. The highest BCUT2D eigenvalue weighted by Crippen LogP contribution is 2.31. The van der Waals surface area contributed by atoms with Crippen molar-refractivity contribution in [2.24, 2.45) is 4.99 Å². The van der Waals surface area contributed by atoms with Gasteiger partial charge in [-0.3, -0.25) is 0 Å². The zero-order valence-electron chi connectivity index (χ0n) is 16.7. The van der Waals surface area contributed by atoms with Crippen molar-refractivity contribution in [2.75, 3.05) is 13.7 Å². The quantitative estimate of drug-likeness (QED) is 0.321. The van der Waals surface area contributed by atoms with E-state index in [0.29, 0.717) is 0 Å². The molecule has 0 fully saturated rings. The topological polar surface area (TPSA) is 46.8 Å². The molecule has 0 bridgehead atoms. The Morgan fingerprint density at radius 1 is 1.07 bits per heavy atom. The van der Waals surface area contributed by atoms with Crippen molar-refractivity contribution in [3.8, 4) is 17.0 Å². The highest BCUT2D eigenvalue weighted by atomic mass is 79.9. The van der Waals surface area contributed by atoms with Gasteiger partial charge in [0.1, 0.15) is 5.75 Å². The molecule has 0 atom stereocenters. The molecule has 4 aromatic rings. The minimum absolute atomic E-state index is 0.198. The third kappa shape index (κ3) is 4.36. The van der Waals surface area contributed by atoms with Crippen molar-refractivity contribution >= 4 is 43.7 Å². The van der Waals surface area contributed by atoms with Gasteiger partial charge in [0, 0.05) is 29.5 Å². The molecule has 0 radical (unpaired) electrons. The number of ether oxygens (including phenoxy) is 1. The maximum atomic E-state index is 9.25. The Morgan fingerprint density at radius 3 is 2.70 bits per heavy atom. The zero-order chi connectivity index (χ0) is 20.9. The van der Waals surface area contributed by atoms with Gasteiger partial charge < -0.3 is 14.4 Å². The highest BCUT2D eigenvalue weighted by molar-refractivity contribution is 9.10. The first-order chi connectivity index (χ1) is 14.7. The van der Waals surface area contributed by atoms with Gasteiger partial charge in [0.2, 0.25) is 0 Å². The first kappa shape index (κ1) is 20.8. The van der Waals surface area contributed by atoms with E-state index in [4.69, 9.17) is 9.73 Å². The van der Waals surface area contributed by atoms with E-state index >= 15 is 0 Å². The molecule has 1 heterocycles. The lowest BCUT2D eigenvalue weighted by Crippen LogP contribution is -2.16. The summed E-state index contributed by atoms with van der Waals surface area (Å²) in [4.78, 5) is 5.98. The van der Waals surface area contributed by atoms with Crippen LogP contribution in [0.3, 0.4) is 0 Å². The number of hydrogen-bond donors (Lipinski definition) is 1.